The summed E-state index contributed by atoms with van der Waals surface area (Å²) in [5.74, 6) is 0. The molecule has 16 heavy (non-hydrogen) atoms. The summed E-state index contributed by atoms with van der Waals surface area (Å²) in [6.45, 7) is 5.19. The Morgan fingerprint density at radius 1 is 1.19 bits per heavy atom. The maximum Gasteiger partial charge on any atom is 0.402 e. The molecule has 0 aliphatic rings. The summed E-state index contributed by atoms with van der Waals surface area (Å²) < 4.78 is 37.2. The lowest BCUT2D eigenvalue weighted by Gasteiger charge is -2.32. The summed E-state index contributed by atoms with van der Waals surface area (Å²) in [7, 11) is 3.83. The molecule has 0 aromatic heterocycles. The highest BCUT2D eigenvalue weighted by Gasteiger charge is 2.38. The van der Waals surface area contributed by atoms with Crippen molar-refractivity contribution in [3.05, 3.63) is 0 Å². The molecular formula is C10H20BrF3N2. The topological polar surface area (TPSA) is 6.48 Å². The molecule has 0 saturated carbocycles. The highest BCUT2D eigenvalue weighted by atomic mass is 79.9. The fraction of sp³-hybridized carbons (Fsp3) is 1.00. The van der Waals surface area contributed by atoms with Crippen LogP contribution in [-0.4, -0.2) is 60.6 Å². The lowest BCUT2D eigenvalue weighted by molar-refractivity contribution is -0.131. The van der Waals surface area contributed by atoms with Crippen molar-refractivity contribution in [3.8, 4) is 0 Å². The normalized spacial score (nSPS) is 16.9. The first-order valence-electron chi connectivity index (χ1n) is 5.28. The summed E-state index contributed by atoms with van der Waals surface area (Å²) in [6, 6.07) is 0.113. The number of hydrogen-bond donors (Lipinski definition) is 0. The number of nitrogens with zero attached hydrogens (tertiary/aromatic N) is 2. The van der Waals surface area contributed by atoms with Crippen molar-refractivity contribution < 1.29 is 13.2 Å². The van der Waals surface area contributed by atoms with E-state index in [9.17, 15) is 13.2 Å². The molecule has 0 aliphatic heterocycles. The zero-order valence-corrected chi connectivity index (χ0v) is 11.8. The Hall–Kier alpha value is 0.190. The van der Waals surface area contributed by atoms with Crippen molar-refractivity contribution >= 4 is 15.9 Å². The Morgan fingerprint density at radius 3 is 2.00 bits per heavy atom. The number of alkyl halides is 4. The van der Waals surface area contributed by atoms with Crippen LogP contribution in [0.2, 0.25) is 0 Å². The van der Waals surface area contributed by atoms with Crippen LogP contribution in [0.4, 0.5) is 13.2 Å². The fourth-order valence-electron chi connectivity index (χ4n) is 1.57. The van der Waals surface area contributed by atoms with E-state index in [0.29, 0.717) is 6.54 Å². The van der Waals surface area contributed by atoms with Crippen LogP contribution in [0, 0.1) is 0 Å². The van der Waals surface area contributed by atoms with Crippen molar-refractivity contribution in [3.63, 3.8) is 0 Å². The number of likely N-dealkylation sites (N-methyl/N-ethyl adjacent to an activating group) is 2. The van der Waals surface area contributed by atoms with Crippen molar-refractivity contribution in [1.82, 2.24) is 9.80 Å². The van der Waals surface area contributed by atoms with E-state index < -0.39 is 11.0 Å². The van der Waals surface area contributed by atoms with Gasteiger partial charge in [0, 0.05) is 19.1 Å². The zero-order chi connectivity index (χ0) is 12.9. The first-order chi connectivity index (χ1) is 7.18. The third-order valence-corrected chi connectivity index (χ3v) is 3.22. The van der Waals surface area contributed by atoms with E-state index in [4.69, 9.17) is 0 Å². The Labute approximate surface area is 104 Å². The van der Waals surface area contributed by atoms with E-state index in [1.54, 1.807) is 0 Å². The molecule has 0 heterocycles. The third-order valence-electron chi connectivity index (χ3n) is 2.41. The maximum absolute atomic E-state index is 12.4. The molecule has 0 rings (SSSR count). The van der Waals surface area contributed by atoms with Gasteiger partial charge in [-0.25, -0.2) is 0 Å². The second kappa shape index (κ2) is 6.81. The van der Waals surface area contributed by atoms with E-state index in [1.807, 2.05) is 37.7 Å². The van der Waals surface area contributed by atoms with Gasteiger partial charge in [-0.05, 0) is 27.6 Å². The van der Waals surface area contributed by atoms with Crippen LogP contribution in [0.3, 0.4) is 0 Å². The number of halogens is 4. The maximum atomic E-state index is 12.4. The van der Waals surface area contributed by atoms with Crippen molar-refractivity contribution in [1.29, 1.82) is 0 Å². The van der Waals surface area contributed by atoms with E-state index in [2.05, 4.69) is 15.9 Å². The van der Waals surface area contributed by atoms with Crippen LogP contribution in [0.15, 0.2) is 0 Å². The lowest BCUT2D eigenvalue weighted by atomic mass is 10.2. The smallest absolute Gasteiger partial charge is 0.308 e. The van der Waals surface area contributed by atoms with Gasteiger partial charge in [-0.1, -0.05) is 22.9 Å². The van der Waals surface area contributed by atoms with Gasteiger partial charge < -0.3 is 4.90 Å². The summed E-state index contributed by atoms with van der Waals surface area (Å²) >= 11 is 2.69. The highest BCUT2D eigenvalue weighted by Crippen LogP contribution is 2.27. The largest absolute Gasteiger partial charge is 0.402 e. The van der Waals surface area contributed by atoms with E-state index >= 15 is 0 Å². The summed E-state index contributed by atoms with van der Waals surface area (Å²) in [5.41, 5.74) is 0. The number of hydrogen-bond acceptors (Lipinski definition) is 2. The standard InChI is InChI=1S/C10H20BrF3N2/c1-5-16(8(2)6-15(3)4)7-9(11)10(12,13)14/h8-9H,5-7H2,1-4H3. The second-order valence-electron chi connectivity index (χ2n) is 4.21. The molecule has 0 radical (unpaired) electrons. The van der Waals surface area contributed by atoms with Crippen LogP contribution < -0.4 is 0 Å². The fourth-order valence-corrected chi connectivity index (χ4v) is 1.95. The van der Waals surface area contributed by atoms with Gasteiger partial charge in [-0.15, -0.1) is 0 Å². The van der Waals surface area contributed by atoms with Crippen molar-refractivity contribution in [2.45, 2.75) is 30.9 Å². The minimum atomic E-state index is -4.18. The molecule has 0 saturated heterocycles. The molecule has 6 heteroatoms. The monoisotopic (exact) mass is 304 g/mol. The van der Waals surface area contributed by atoms with Gasteiger partial charge >= 0.3 is 6.18 Å². The molecule has 2 unspecified atom stereocenters. The minimum absolute atomic E-state index is 0.00495. The Kier molecular flexibility index (Phi) is 6.89. The number of rotatable bonds is 6. The van der Waals surface area contributed by atoms with Gasteiger partial charge in [0.15, 0.2) is 0 Å². The molecule has 0 amide bonds. The molecule has 0 aromatic rings. The zero-order valence-electron chi connectivity index (χ0n) is 10.2. The molecule has 2 nitrogen and oxygen atoms in total. The highest BCUT2D eigenvalue weighted by molar-refractivity contribution is 9.09. The SMILES string of the molecule is CCN(CC(Br)C(F)(F)F)C(C)CN(C)C. The first-order valence-corrected chi connectivity index (χ1v) is 6.19. The quantitative estimate of drug-likeness (QED) is 0.696. The predicted molar refractivity (Wildman–Crippen MR) is 64.0 cm³/mol. The van der Waals surface area contributed by atoms with Crippen molar-refractivity contribution in [2.75, 3.05) is 33.7 Å². The van der Waals surface area contributed by atoms with Crippen LogP contribution in [0.1, 0.15) is 13.8 Å². The average Bonchev–Trinajstić information content (AvgIpc) is 2.10. The van der Waals surface area contributed by atoms with Gasteiger partial charge in [0.1, 0.15) is 4.83 Å². The van der Waals surface area contributed by atoms with Gasteiger partial charge in [0.05, 0.1) is 0 Å². The Balaban J connectivity index is 4.29. The predicted octanol–water partition coefficient (Wildman–Crippen LogP) is 2.58. The summed E-state index contributed by atoms with van der Waals surface area (Å²) in [6.07, 6.45) is -4.18. The third kappa shape index (κ3) is 6.06. The molecule has 0 N–H and O–H groups in total. The first kappa shape index (κ1) is 16.2. The molecule has 0 aromatic carbocycles. The molecule has 0 aliphatic carbocycles. The lowest BCUT2D eigenvalue weighted by Crippen LogP contribution is -2.45. The molecule has 98 valence electrons. The summed E-state index contributed by atoms with van der Waals surface area (Å²) in [5, 5.41) is 0. The molecule has 0 fully saturated rings. The van der Waals surface area contributed by atoms with Crippen LogP contribution in [0.25, 0.3) is 0 Å². The summed E-state index contributed by atoms with van der Waals surface area (Å²) in [4.78, 5) is 2.35. The molecule has 0 bridgehead atoms. The molecule has 0 spiro atoms. The van der Waals surface area contributed by atoms with Crippen LogP contribution >= 0.6 is 15.9 Å². The van der Waals surface area contributed by atoms with Gasteiger partial charge in [-0.2, -0.15) is 13.2 Å². The van der Waals surface area contributed by atoms with E-state index in [-0.39, 0.29) is 12.6 Å². The van der Waals surface area contributed by atoms with Gasteiger partial charge in [-0.3, -0.25) is 4.90 Å². The van der Waals surface area contributed by atoms with Crippen LogP contribution in [-0.2, 0) is 0 Å². The Bertz CT molecular complexity index is 197. The molecular weight excluding hydrogens is 285 g/mol. The Morgan fingerprint density at radius 2 is 1.69 bits per heavy atom. The van der Waals surface area contributed by atoms with Gasteiger partial charge in [0.2, 0.25) is 0 Å². The van der Waals surface area contributed by atoms with Gasteiger partial charge in [0.25, 0.3) is 0 Å². The van der Waals surface area contributed by atoms with E-state index in [0.717, 1.165) is 6.54 Å². The van der Waals surface area contributed by atoms with E-state index in [1.165, 1.54) is 0 Å². The van der Waals surface area contributed by atoms with Crippen molar-refractivity contribution in [2.24, 2.45) is 0 Å². The van der Waals surface area contributed by atoms with Crippen LogP contribution in [0.5, 0.6) is 0 Å². The second-order valence-corrected chi connectivity index (χ2v) is 5.31. The minimum Gasteiger partial charge on any atom is -0.308 e. The average molecular weight is 305 g/mol. The molecule has 2 atom stereocenters.